The highest BCUT2D eigenvalue weighted by molar-refractivity contribution is 5.99. The molecule has 1 aliphatic heterocycles. The molecule has 0 spiro atoms. The van der Waals surface area contributed by atoms with Gasteiger partial charge in [-0.3, -0.25) is 9.59 Å². The van der Waals surface area contributed by atoms with Crippen LogP contribution in [0.5, 0.6) is 5.75 Å². The number of benzene rings is 1. The zero-order chi connectivity index (χ0) is 14.7. The van der Waals surface area contributed by atoms with Gasteiger partial charge in [0.2, 0.25) is 5.91 Å². The molecule has 0 aliphatic carbocycles. The molecule has 1 heterocycles. The van der Waals surface area contributed by atoms with E-state index in [4.69, 9.17) is 9.84 Å². The molecule has 1 aromatic carbocycles. The highest BCUT2D eigenvalue weighted by Gasteiger charge is 2.23. The van der Waals surface area contributed by atoms with E-state index in [-0.39, 0.29) is 18.2 Å². The maximum Gasteiger partial charge on any atom is 0.265 e. The predicted octanol–water partition coefficient (Wildman–Crippen LogP) is 1.51. The molecule has 0 aromatic heterocycles. The third-order valence-electron chi connectivity index (χ3n) is 2.98. The van der Waals surface area contributed by atoms with Gasteiger partial charge in [0.05, 0.1) is 11.8 Å². The van der Waals surface area contributed by atoms with Crippen LogP contribution in [0.2, 0.25) is 0 Å². The average Bonchev–Trinajstić information content (AvgIpc) is 2.38. The first-order valence-corrected chi connectivity index (χ1v) is 6.55. The van der Waals surface area contributed by atoms with E-state index in [1.165, 1.54) is 0 Å². The summed E-state index contributed by atoms with van der Waals surface area (Å²) in [6.45, 7) is 3.31. The third kappa shape index (κ3) is 3.48. The van der Waals surface area contributed by atoms with Gasteiger partial charge in [-0.15, -0.1) is 0 Å². The van der Waals surface area contributed by atoms with E-state index < -0.39 is 12.2 Å². The molecule has 0 fully saturated rings. The molecule has 108 valence electrons. The molecule has 2 atom stereocenters. The van der Waals surface area contributed by atoms with Gasteiger partial charge in [-0.25, -0.2) is 0 Å². The van der Waals surface area contributed by atoms with Gasteiger partial charge in [0.1, 0.15) is 5.75 Å². The zero-order valence-corrected chi connectivity index (χ0v) is 11.5. The van der Waals surface area contributed by atoms with Gasteiger partial charge in [0.25, 0.3) is 5.91 Å². The van der Waals surface area contributed by atoms with Gasteiger partial charge >= 0.3 is 0 Å². The predicted molar refractivity (Wildman–Crippen MR) is 74.7 cm³/mol. The van der Waals surface area contributed by atoms with Crippen molar-refractivity contribution in [2.75, 3.05) is 10.6 Å². The number of amides is 2. The van der Waals surface area contributed by atoms with Crippen molar-refractivity contribution >= 4 is 23.2 Å². The van der Waals surface area contributed by atoms with Crippen LogP contribution < -0.4 is 15.4 Å². The molecule has 2 amide bonds. The maximum absolute atomic E-state index is 11.7. The van der Waals surface area contributed by atoms with Crippen LogP contribution in [0.3, 0.4) is 0 Å². The van der Waals surface area contributed by atoms with E-state index in [1.807, 2.05) is 0 Å². The Morgan fingerprint density at radius 3 is 3.00 bits per heavy atom. The Hall–Kier alpha value is -2.08. The second-order valence-corrected chi connectivity index (χ2v) is 4.90. The molecular formula is C14H18N2O4. The lowest BCUT2D eigenvalue weighted by Crippen LogP contribution is -2.34. The van der Waals surface area contributed by atoms with Gasteiger partial charge in [0.15, 0.2) is 6.10 Å². The van der Waals surface area contributed by atoms with Crippen LogP contribution in [-0.2, 0) is 9.59 Å². The van der Waals surface area contributed by atoms with Crippen molar-refractivity contribution in [1.29, 1.82) is 0 Å². The van der Waals surface area contributed by atoms with Gasteiger partial charge in [-0.1, -0.05) is 0 Å². The van der Waals surface area contributed by atoms with Crippen molar-refractivity contribution in [3.8, 4) is 5.75 Å². The minimum absolute atomic E-state index is 0.178. The summed E-state index contributed by atoms with van der Waals surface area (Å²) >= 11 is 0. The molecule has 1 aliphatic rings. The summed E-state index contributed by atoms with van der Waals surface area (Å²) in [6.07, 6.45) is -0.365. The molecule has 0 saturated carbocycles. The maximum atomic E-state index is 11.7. The summed E-state index contributed by atoms with van der Waals surface area (Å²) in [6, 6.07) is 5.07. The molecule has 0 bridgehead atoms. The summed E-state index contributed by atoms with van der Waals surface area (Å²) in [4.78, 5) is 23.2. The molecule has 2 unspecified atom stereocenters. The third-order valence-corrected chi connectivity index (χ3v) is 2.98. The largest absolute Gasteiger partial charge is 0.479 e. The quantitative estimate of drug-likeness (QED) is 0.779. The number of anilines is 2. The molecule has 6 heteroatoms. The highest BCUT2D eigenvalue weighted by atomic mass is 16.5. The second kappa shape index (κ2) is 5.92. The van der Waals surface area contributed by atoms with E-state index in [0.29, 0.717) is 23.5 Å². The summed E-state index contributed by atoms with van der Waals surface area (Å²) in [5.41, 5.74) is 1.12. The number of fused-ring (bicyclic) bond motifs is 1. The van der Waals surface area contributed by atoms with Gasteiger partial charge in [-0.2, -0.15) is 0 Å². The van der Waals surface area contributed by atoms with E-state index in [9.17, 15) is 9.59 Å². The number of hydrogen-bond acceptors (Lipinski definition) is 4. The lowest BCUT2D eigenvalue weighted by atomic mass is 10.2. The first kappa shape index (κ1) is 14.3. The summed E-state index contributed by atoms with van der Waals surface area (Å²) in [5, 5.41) is 14.6. The van der Waals surface area contributed by atoms with Crippen LogP contribution in [0.15, 0.2) is 18.2 Å². The van der Waals surface area contributed by atoms with Gasteiger partial charge < -0.3 is 20.5 Å². The molecule has 20 heavy (non-hydrogen) atoms. The fraction of sp³-hybridized carbons (Fsp3) is 0.429. The van der Waals surface area contributed by atoms with Crippen molar-refractivity contribution < 1.29 is 19.4 Å². The van der Waals surface area contributed by atoms with Crippen molar-refractivity contribution in [3.63, 3.8) is 0 Å². The van der Waals surface area contributed by atoms with Crippen LogP contribution >= 0.6 is 0 Å². The standard InChI is InChI=1S/C14H18N2O4/c1-8(17)3-6-13(18)15-10-4-5-12-11(7-10)16-14(19)9(2)20-12/h4-5,7-9,17H,3,6H2,1-2H3,(H,15,18)(H,16,19). The first-order chi connectivity index (χ1) is 9.45. The molecular weight excluding hydrogens is 260 g/mol. The van der Waals surface area contributed by atoms with E-state index >= 15 is 0 Å². The Kier molecular flexibility index (Phi) is 4.24. The Morgan fingerprint density at radius 2 is 2.30 bits per heavy atom. The van der Waals surface area contributed by atoms with Crippen molar-refractivity contribution in [1.82, 2.24) is 0 Å². The Bertz CT molecular complexity index is 528. The lowest BCUT2D eigenvalue weighted by Gasteiger charge is -2.23. The van der Waals surface area contributed by atoms with Crippen molar-refractivity contribution in [2.45, 2.75) is 38.9 Å². The highest BCUT2D eigenvalue weighted by Crippen LogP contribution is 2.32. The van der Waals surface area contributed by atoms with Crippen molar-refractivity contribution in [3.05, 3.63) is 18.2 Å². The molecule has 6 nitrogen and oxygen atoms in total. The van der Waals surface area contributed by atoms with Crippen LogP contribution in [0.25, 0.3) is 0 Å². The van der Waals surface area contributed by atoms with Crippen LogP contribution in [-0.4, -0.2) is 29.1 Å². The fourth-order valence-electron chi connectivity index (χ4n) is 1.85. The number of nitrogens with one attached hydrogen (secondary N) is 2. The van der Waals surface area contributed by atoms with Crippen LogP contribution in [0.1, 0.15) is 26.7 Å². The van der Waals surface area contributed by atoms with Crippen LogP contribution in [0.4, 0.5) is 11.4 Å². The summed E-state index contributed by atoms with van der Waals surface area (Å²) < 4.78 is 5.43. The smallest absolute Gasteiger partial charge is 0.265 e. The molecule has 0 saturated heterocycles. The number of rotatable bonds is 4. The minimum Gasteiger partial charge on any atom is -0.479 e. The average molecular weight is 278 g/mol. The van der Waals surface area contributed by atoms with Crippen molar-refractivity contribution in [2.24, 2.45) is 0 Å². The van der Waals surface area contributed by atoms with E-state index in [0.717, 1.165) is 0 Å². The molecule has 3 N–H and O–H groups in total. The van der Waals surface area contributed by atoms with Gasteiger partial charge in [-0.05, 0) is 38.5 Å². The molecule has 2 rings (SSSR count). The van der Waals surface area contributed by atoms with Gasteiger partial charge in [0, 0.05) is 12.1 Å². The summed E-state index contributed by atoms with van der Waals surface area (Å²) in [7, 11) is 0. The number of ether oxygens (including phenoxy) is 1. The topological polar surface area (TPSA) is 87.7 Å². The first-order valence-electron chi connectivity index (χ1n) is 6.55. The Balaban J connectivity index is 2.02. The van der Waals surface area contributed by atoms with E-state index in [1.54, 1.807) is 32.0 Å². The molecule has 0 radical (unpaired) electrons. The number of aliphatic hydroxyl groups is 1. The minimum atomic E-state index is -0.519. The number of carbonyl (C=O) groups excluding carboxylic acids is 2. The Morgan fingerprint density at radius 1 is 1.55 bits per heavy atom. The SMILES string of the molecule is CC(O)CCC(=O)Nc1ccc2c(c1)NC(=O)C(C)O2. The zero-order valence-electron chi connectivity index (χ0n) is 11.5. The number of aliphatic hydroxyl groups excluding tert-OH is 1. The normalized spacial score (nSPS) is 18.6. The lowest BCUT2D eigenvalue weighted by molar-refractivity contribution is -0.122. The summed E-state index contributed by atoms with van der Waals surface area (Å²) in [5.74, 6) is 0.191. The fourth-order valence-corrected chi connectivity index (χ4v) is 1.85. The van der Waals surface area contributed by atoms with E-state index in [2.05, 4.69) is 10.6 Å². The monoisotopic (exact) mass is 278 g/mol. The number of hydrogen-bond donors (Lipinski definition) is 3. The molecule has 1 aromatic rings. The Labute approximate surface area is 117 Å². The second-order valence-electron chi connectivity index (χ2n) is 4.90. The van der Waals surface area contributed by atoms with Crippen LogP contribution in [0, 0.1) is 0 Å². The number of carbonyl (C=O) groups is 2.